The first kappa shape index (κ1) is 34.9. The zero-order chi connectivity index (χ0) is 30.9. The maximum absolute atomic E-state index is 9.60. The Labute approximate surface area is 263 Å². The van der Waals surface area contributed by atoms with Gasteiger partial charge in [0.1, 0.15) is 0 Å². The van der Waals surface area contributed by atoms with Crippen LogP contribution in [0.15, 0.2) is 84.9 Å². The molecule has 0 fully saturated rings. The van der Waals surface area contributed by atoms with Crippen molar-refractivity contribution in [2.75, 3.05) is 0 Å². The van der Waals surface area contributed by atoms with Crippen molar-refractivity contribution >= 4 is 18.1 Å². The van der Waals surface area contributed by atoms with Crippen molar-refractivity contribution in [2.24, 2.45) is 0 Å². The Balaban J connectivity index is 0.000000199. The predicted molar refractivity (Wildman–Crippen MR) is 170 cm³/mol. The molecule has 4 aromatic carbocycles. The first-order valence-corrected chi connectivity index (χ1v) is 19.1. The zero-order valence-electron chi connectivity index (χ0n) is 25.0. The van der Waals surface area contributed by atoms with E-state index in [9.17, 15) is 9.59 Å². The van der Waals surface area contributed by atoms with Crippen LogP contribution in [0.3, 0.4) is 0 Å². The molecular formula is C36H40O4SiTi. The van der Waals surface area contributed by atoms with E-state index in [2.05, 4.69) is 117 Å². The molecule has 2 N–H and O–H groups in total. The van der Waals surface area contributed by atoms with Gasteiger partial charge in [0, 0.05) is 12.8 Å². The van der Waals surface area contributed by atoms with E-state index in [1.807, 2.05) is 26.0 Å². The summed E-state index contributed by atoms with van der Waals surface area (Å²) in [5, 5.41) is 15.8. The standard InChI is InChI=1S/2C13H9.2C4H8O2.C2H6Si.Ti/c2*1-3-7-12-10(5-1)9-11-6-2-4-8-13(11)12;2*1-2-3-4(5)6;1-3-2;/h2*1-5,7-8H,9H2;2*2-3H2,1H3,(H,5,6);1-2H3;/q2*-1;;;;+2. The molecule has 216 valence electrons. The minimum absolute atomic E-state index is 0.120. The number of hydrogen-bond acceptors (Lipinski definition) is 2. The Morgan fingerprint density at radius 3 is 1.31 bits per heavy atom. The summed E-state index contributed by atoms with van der Waals surface area (Å²) in [6, 6.07) is 36.2. The van der Waals surface area contributed by atoms with Gasteiger partial charge in [0.05, 0.1) is 0 Å². The minimum Gasteiger partial charge on any atom is -0.179 e. The number of carbonyl (C=O) groups is 2. The maximum atomic E-state index is 9.60. The van der Waals surface area contributed by atoms with Gasteiger partial charge in [-0.1, -0.05) is 84.6 Å². The Morgan fingerprint density at radius 1 is 0.667 bits per heavy atom. The average Bonchev–Trinajstić information content (AvgIpc) is 3.52. The van der Waals surface area contributed by atoms with Gasteiger partial charge in [0.25, 0.3) is 0 Å². The molecule has 0 unspecified atom stereocenters. The third-order valence-corrected chi connectivity index (χ3v) is 6.16. The molecule has 0 aromatic heterocycles. The summed E-state index contributed by atoms with van der Waals surface area (Å²) in [4.78, 5) is 19.2. The van der Waals surface area contributed by atoms with Crippen LogP contribution in [0.1, 0.15) is 61.8 Å². The van der Waals surface area contributed by atoms with E-state index in [0.29, 0.717) is 12.8 Å². The summed E-state index contributed by atoms with van der Waals surface area (Å²) in [6.07, 6.45) is 4.26. The van der Waals surface area contributed by atoms with Gasteiger partial charge < -0.3 is 10.2 Å². The van der Waals surface area contributed by atoms with Crippen molar-refractivity contribution in [2.45, 2.75) is 65.5 Å². The number of benzene rings is 4. The van der Waals surface area contributed by atoms with Crippen molar-refractivity contribution in [3.63, 3.8) is 0 Å². The Hall–Kier alpha value is -3.25. The maximum Gasteiger partial charge on any atom is -0.0253 e. The second-order valence-corrected chi connectivity index (χ2v) is 16.8. The topological polar surface area (TPSA) is 74.6 Å². The smallest absolute Gasteiger partial charge is 0.0253 e. The molecule has 0 radical (unpaired) electrons. The Bertz CT molecular complexity index is 1270. The minimum atomic E-state index is -0.711. The monoisotopic (exact) mass is 612 g/mol. The first-order valence-electron chi connectivity index (χ1n) is 14.3. The van der Waals surface area contributed by atoms with E-state index < -0.39 is 11.9 Å². The van der Waals surface area contributed by atoms with Gasteiger partial charge in [-0.25, -0.2) is 0 Å². The number of carboxylic acid groups (broad SMARTS) is 2. The number of rotatable bonds is 4. The van der Waals surface area contributed by atoms with Crippen LogP contribution in [-0.4, -0.2) is 28.3 Å². The molecule has 0 bridgehead atoms. The van der Waals surface area contributed by atoms with E-state index >= 15 is 0 Å². The molecular weight excluding hydrogens is 572 g/mol. The summed E-state index contributed by atoms with van der Waals surface area (Å²) in [7, 11) is 0. The number of carboxylic acids is 2. The zero-order valence-corrected chi connectivity index (χ0v) is 27.6. The van der Waals surface area contributed by atoms with E-state index in [-0.39, 0.29) is 6.19 Å². The molecule has 6 rings (SSSR count). The number of aliphatic carboxylic acids is 2. The molecule has 4 nitrogen and oxygen atoms in total. The molecule has 2 aliphatic rings. The Morgan fingerprint density at radius 2 is 1.00 bits per heavy atom. The molecule has 0 spiro atoms. The van der Waals surface area contributed by atoms with Gasteiger partial charge in [0.15, 0.2) is 0 Å². The van der Waals surface area contributed by atoms with Gasteiger partial charge in [-0.3, -0.25) is 9.59 Å². The molecule has 0 saturated carbocycles. The fourth-order valence-corrected chi connectivity index (χ4v) is 4.42. The summed E-state index contributed by atoms with van der Waals surface area (Å²) >= 11 is 2.27. The van der Waals surface area contributed by atoms with Crippen LogP contribution < -0.4 is 0 Å². The van der Waals surface area contributed by atoms with Crippen LogP contribution in [0.2, 0.25) is 13.1 Å². The molecule has 4 aromatic rings. The first-order chi connectivity index (χ1) is 20.2. The fraction of sp³-hybridized carbons (Fsp3) is 0.278. The van der Waals surface area contributed by atoms with Crippen LogP contribution >= 0.6 is 0 Å². The number of fused-ring (bicyclic) bond motifs is 6. The van der Waals surface area contributed by atoms with E-state index in [4.69, 9.17) is 10.2 Å². The van der Waals surface area contributed by atoms with E-state index in [1.54, 1.807) is 0 Å². The normalized spacial score (nSPS) is 10.6. The van der Waals surface area contributed by atoms with Crippen LogP contribution in [-0.2, 0) is 41.6 Å². The van der Waals surface area contributed by atoms with Crippen LogP contribution in [0.25, 0.3) is 22.3 Å². The molecule has 0 atom stereocenters. The van der Waals surface area contributed by atoms with Crippen molar-refractivity contribution in [3.8, 4) is 22.3 Å². The van der Waals surface area contributed by atoms with Gasteiger partial charge in [-0.2, -0.15) is 59.7 Å². The summed E-state index contributed by atoms with van der Waals surface area (Å²) in [5.74, 6) is -1.42. The third kappa shape index (κ3) is 11.9. The summed E-state index contributed by atoms with van der Waals surface area (Å²) < 4.78 is 0. The molecule has 2 aliphatic carbocycles. The third-order valence-electron chi connectivity index (χ3n) is 6.16. The van der Waals surface area contributed by atoms with Gasteiger partial charge in [0.2, 0.25) is 0 Å². The second-order valence-electron chi connectivity index (χ2n) is 10.1. The predicted octanol–water partition coefficient (Wildman–Crippen LogP) is 8.64. The van der Waals surface area contributed by atoms with Crippen LogP contribution in [0, 0.1) is 12.1 Å². The van der Waals surface area contributed by atoms with Gasteiger partial charge in [-0.05, 0) is 25.7 Å². The van der Waals surface area contributed by atoms with Gasteiger partial charge in [-0.15, -0.1) is 11.1 Å². The second kappa shape index (κ2) is 19.0. The molecule has 6 heteroatoms. The quantitative estimate of drug-likeness (QED) is 0.154. The van der Waals surface area contributed by atoms with E-state index in [0.717, 1.165) is 25.7 Å². The summed E-state index contributed by atoms with van der Waals surface area (Å²) in [5.41, 5.74) is 11.0. The van der Waals surface area contributed by atoms with E-state index in [1.165, 1.54) is 44.5 Å². The molecule has 0 amide bonds. The van der Waals surface area contributed by atoms with Crippen molar-refractivity contribution in [3.05, 3.63) is 119 Å². The SMILES string of the molecule is CCCC(=O)O.CCCC(=O)O.C[Si](C)=[Ti+2].[c-]1cccc2c1Cc1ccccc1-2.[c-]1cccc2c1Cc1ccccc1-2. The Kier molecular flexibility index (Phi) is 15.8. The largest absolute Gasteiger partial charge is 0.179 e. The van der Waals surface area contributed by atoms with Gasteiger partial charge >= 0.3 is 50.4 Å². The van der Waals surface area contributed by atoms with Crippen LogP contribution in [0.5, 0.6) is 0 Å². The summed E-state index contributed by atoms with van der Waals surface area (Å²) in [6.45, 7) is 8.22. The molecule has 0 aliphatic heterocycles. The van der Waals surface area contributed by atoms with Crippen molar-refractivity contribution in [1.29, 1.82) is 0 Å². The molecule has 0 saturated heterocycles. The molecule has 42 heavy (non-hydrogen) atoms. The number of hydrogen-bond donors (Lipinski definition) is 2. The van der Waals surface area contributed by atoms with Crippen LogP contribution in [0.4, 0.5) is 0 Å². The van der Waals surface area contributed by atoms with Crippen molar-refractivity contribution < 1.29 is 39.0 Å². The van der Waals surface area contributed by atoms with Crippen molar-refractivity contribution in [1.82, 2.24) is 0 Å². The molecule has 0 heterocycles. The fourth-order valence-electron chi connectivity index (χ4n) is 4.42. The average molecular weight is 613 g/mol.